The van der Waals surface area contributed by atoms with Crippen LogP contribution in [0.25, 0.3) is 0 Å². The molecule has 6 heteroatoms. The summed E-state index contributed by atoms with van der Waals surface area (Å²) in [4.78, 5) is 23.8. The van der Waals surface area contributed by atoms with Gasteiger partial charge in [0.2, 0.25) is 0 Å². The first-order chi connectivity index (χ1) is 10.7. The molecular formula is C16H28O6. The standard InChI is InChI=1S/C12H20O4.C4H8O2/c1-3-15-10(13)12(11(14)16-4-2)8-6-5-7-9-12;1-2-6-4-3-5-1/h3-9H2,1-2H3;1-4H2. The molecule has 0 unspecified atom stereocenters. The minimum absolute atomic E-state index is 0.306. The maximum Gasteiger partial charge on any atom is 0.323 e. The summed E-state index contributed by atoms with van der Waals surface area (Å²) in [7, 11) is 0. The number of hydrogen-bond donors (Lipinski definition) is 0. The molecule has 2 rings (SSSR count). The number of esters is 2. The molecular weight excluding hydrogens is 288 g/mol. The first kappa shape index (κ1) is 18.9. The van der Waals surface area contributed by atoms with Crippen molar-refractivity contribution >= 4 is 11.9 Å². The topological polar surface area (TPSA) is 71.1 Å². The second-order valence-electron chi connectivity index (χ2n) is 5.31. The molecule has 0 bridgehead atoms. The van der Waals surface area contributed by atoms with E-state index in [4.69, 9.17) is 18.9 Å². The Bertz CT molecular complexity index is 300. The zero-order valence-electron chi connectivity index (χ0n) is 13.7. The van der Waals surface area contributed by atoms with E-state index in [1.807, 2.05) is 0 Å². The Labute approximate surface area is 132 Å². The maximum absolute atomic E-state index is 11.9. The predicted octanol–water partition coefficient (Wildman–Crippen LogP) is 2.10. The van der Waals surface area contributed by atoms with E-state index in [9.17, 15) is 9.59 Å². The number of ether oxygens (including phenoxy) is 4. The van der Waals surface area contributed by atoms with E-state index >= 15 is 0 Å². The van der Waals surface area contributed by atoms with Crippen LogP contribution in [0.3, 0.4) is 0 Å². The van der Waals surface area contributed by atoms with Crippen molar-refractivity contribution in [3.63, 3.8) is 0 Å². The number of carbonyl (C=O) groups excluding carboxylic acids is 2. The summed E-state index contributed by atoms with van der Waals surface area (Å²) in [5.74, 6) is -0.818. The van der Waals surface area contributed by atoms with Gasteiger partial charge in [-0.05, 0) is 26.7 Å². The molecule has 0 aromatic rings. The van der Waals surface area contributed by atoms with Crippen LogP contribution in [0.2, 0.25) is 0 Å². The van der Waals surface area contributed by atoms with Crippen molar-refractivity contribution in [2.24, 2.45) is 5.41 Å². The van der Waals surface area contributed by atoms with Gasteiger partial charge in [0.05, 0.1) is 39.6 Å². The number of carbonyl (C=O) groups is 2. The zero-order valence-corrected chi connectivity index (χ0v) is 13.7. The number of hydrogen-bond acceptors (Lipinski definition) is 6. The van der Waals surface area contributed by atoms with E-state index in [0.29, 0.717) is 26.1 Å². The lowest BCUT2D eigenvalue weighted by Gasteiger charge is -2.32. The molecule has 0 aromatic heterocycles. The second-order valence-corrected chi connectivity index (χ2v) is 5.31. The smallest absolute Gasteiger partial charge is 0.323 e. The first-order valence-corrected chi connectivity index (χ1v) is 8.17. The lowest BCUT2D eigenvalue weighted by molar-refractivity contribution is -0.174. The fourth-order valence-corrected chi connectivity index (χ4v) is 2.63. The Hall–Kier alpha value is -1.14. The van der Waals surface area contributed by atoms with Gasteiger partial charge in [-0.15, -0.1) is 0 Å². The average molecular weight is 316 g/mol. The van der Waals surface area contributed by atoms with Crippen molar-refractivity contribution in [1.82, 2.24) is 0 Å². The van der Waals surface area contributed by atoms with E-state index in [1.165, 1.54) is 0 Å². The van der Waals surface area contributed by atoms with Crippen LogP contribution in [-0.2, 0) is 28.5 Å². The third-order valence-corrected chi connectivity index (χ3v) is 3.78. The van der Waals surface area contributed by atoms with E-state index in [-0.39, 0.29) is 0 Å². The summed E-state index contributed by atoms with van der Waals surface area (Å²) >= 11 is 0. The lowest BCUT2D eigenvalue weighted by atomic mass is 9.74. The molecule has 0 amide bonds. The molecule has 1 saturated carbocycles. The highest BCUT2D eigenvalue weighted by Gasteiger charge is 2.49. The largest absolute Gasteiger partial charge is 0.465 e. The van der Waals surface area contributed by atoms with Gasteiger partial charge in [-0.2, -0.15) is 0 Å². The predicted molar refractivity (Wildman–Crippen MR) is 80.4 cm³/mol. The van der Waals surface area contributed by atoms with Crippen molar-refractivity contribution in [3.8, 4) is 0 Å². The summed E-state index contributed by atoms with van der Waals surface area (Å²) in [5.41, 5.74) is -1.02. The Kier molecular flexibility index (Phi) is 9.08. The van der Waals surface area contributed by atoms with Gasteiger partial charge in [0.1, 0.15) is 0 Å². The van der Waals surface area contributed by atoms with Crippen molar-refractivity contribution in [2.75, 3.05) is 39.6 Å². The van der Waals surface area contributed by atoms with Crippen LogP contribution in [-0.4, -0.2) is 51.6 Å². The summed E-state index contributed by atoms with van der Waals surface area (Å²) in [6, 6.07) is 0. The highest BCUT2D eigenvalue weighted by molar-refractivity contribution is 6.00. The summed E-state index contributed by atoms with van der Waals surface area (Å²) in [6.07, 6.45) is 3.96. The van der Waals surface area contributed by atoms with Gasteiger partial charge >= 0.3 is 11.9 Å². The van der Waals surface area contributed by atoms with Crippen molar-refractivity contribution in [2.45, 2.75) is 46.0 Å². The fraction of sp³-hybridized carbons (Fsp3) is 0.875. The molecule has 0 N–H and O–H groups in total. The van der Waals surface area contributed by atoms with Crippen LogP contribution in [0.1, 0.15) is 46.0 Å². The molecule has 2 fully saturated rings. The molecule has 0 radical (unpaired) electrons. The van der Waals surface area contributed by atoms with Gasteiger partial charge in [0.25, 0.3) is 0 Å². The van der Waals surface area contributed by atoms with Crippen LogP contribution < -0.4 is 0 Å². The van der Waals surface area contributed by atoms with Crippen LogP contribution in [0.4, 0.5) is 0 Å². The Morgan fingerprint density at radius 2 is 1.23 bits per heavy atom. The molecule has 22 heavy (non-hydrogen) atoms. The van der Waals surface area contributed by atoms with Gasteiger partial charge in [-0.1, -0.05) is 19.3 Å². The second kappa shape index (κ2) is 10.6. The van der Waals surface area contributed by atoms with E-state index in [0.717, 1.165) is 45.7 Å². The molecule has 1 aliphatic carbocycles. The Balaban J connectivity index is 0.000000335. The highest BCUT2D eigenvalue weighted by atomic mass is 16.6. The van der Waals surface area contributed by atoms with Crippen molar-refractivity contribution in [3.05, 3.63) is 0 Å². The van der Waals surface area contributed by atoms with E-state index < -0.39 is 17.4 Å². The van der Waals surface area contributed by atoms with Gasteiger partial charge in [0.15, 0.2) is 5.41 Å². The third kappa shape index (κ3) is 5.57. The number of rotatable bonds is 4. The lowest BCUT2D eigenvalue weighted by Crippen LogP contribution is -2.43. The van der Waals surface area contributed by atoms with Crippen LogP contribution >= 0.6 is 0 Å². The molecule has 1 saturated heterocycles. The summed E-state index contributed by atoms with van der Waals surface area (Å²) < 4.78 is 19.9. The van der Waals surface area contributed by atoms with E-state index in [2.05, 4.69) is 0 Å². The van der Waals surface area contributed by atoms with Crippen LogP contribution in [0.5, 0.6) is 0 Å². The molecule has 0 atom stereocenters. The zero-order chi connectivity index (χ0) is 16.3. The minimum Gasteiger partial charge on any atom is -0.465 e. The molecule has 0 aromatic carbocycles. The van der Waals surface area contributed by atoms with E-state index in [1.54, 1.807) is 13.8 Å². The Morgan fingerprint density at radius 3 is 1.55 bits per heavy atom. The normalized spacial score (nSPS) is 20.3. The maximum atomic E-state index is 11.9. The molecule has 6 nitrogen and oxygen atoms in total. The molecule has 2 aliphatic rings. The fourth-order valence-electron chi connectivity index (χ4n) is 2.63. The SMILES string of the molecule is C1COCCO1.CCOC(=O)C1(C(=O)OCC)CCCCC1. The molecule has 1 heterocycles. The molecule has 0 spiro atoms. The van der Waals surface area contributed by atoms with Gasteiger partial charge in [0, 0.05) is 0 Å². The Morgan fingerprint density at radius 1 is 0.818 bits per heavy atom. The first-order valence-electron chi connectivity index (χ1n) is 8.17. The van der Waals surface area contributed by atoms with Crippen LogP contribution in [0, 0.1) is 5.41 Å². The van der Waals surface area contributed by atoms with Gasteiger partial charge < -0.3 is 18.9 Å². The summed E-state index contributed by atoms with van der Waals surface area (Å²) in [6.45, 7) is 7.22. The monoisotopic (exact) mass is 316 g/mol. The quantitative estimate of drug-likeness (QED) is 0.584. The molecule has 128 valence electrons. The van der Waals surface area contributed by atoms with Gasteiger partial charge in [-0.25, -0.2) is 0 Å². The minimum atomic E-state index is -1.02. The average Bonchev–Trinajstić information content (AvgIpc) is 2.58. The van der Waals surface area contributed by atoms with Crippen molar-refractivity contribution in [1.29, 1.82) is 0 Å². The molecule has 1 aliphatic heterocycles. The third-order valence-electron chi connectivity index (χ3n) is 3.78. The van der Waals surface area contributed by atoms with Crippen LogP contribution in [0.15, 0.2) is 0 Å². The summed E-state index contributed by atoms with van der Waals surface area (Å²) in [5, 5.41) is 0. The highest BCUT2D eigenvalue weighted by Crippen LogP contribution is 2.38. The van der Waals surface area contributed by atoms with Crippen molar-refractivity contribution < 1.29 is 28.5 Å². The van der Waals surface area contributed by atoms with Gasteiger partial charge in [-0.3, -0.25) is 9.59 Å².